The second-order valence-electron chi connectivity index (χ2n) is 3.05. The molecule has 0 atom stereocenters. The van der Waals surface area contributed by atoms with E-state index < -0.39 is 0 Å². The van der Waals surface area contributed by atoms with Crippen LogP contribution >= 0.6 is 0 Å². The number of phenolic OH excluding ortho intramolecular Hbond substituents is 1. The topological polar surface area (TPSA) is 29.5 Å². The Bertz CT molecular complexity index is 316. The minimum atomic E-state index is 0.246. The Balaban J connectivity index is 2.81. The zero-order valence-corrected chi connectivity index (χ0v) is 8.66. The van der Waals surface area contributed by atoms with Crippen LogP contribution in [0, 0.1) is 0 Å². The van der Waals surface area contributed by atoms with E-state index in [1.165, 1.54) is 0 Å². The first-order chi connectivity index (χ1) is 6.79. The number of ether oxygens (including phenoxy) is 1. The highest BCUT2D eigenvalue weighted by atomic mass is 16.5. The van der Waals surface area contributed by atoms with Crippen LogP contribution in [0.1, 0.15) is 18.9 Å². The van der Waals surface area contributed by atoms with Crippen molar-refractivity contribution in [3.63, 3.8) is 0 Å². The Hall–Kier alpha value is -1.44. The summed E-state index contributed by atoms with van der Waals surface area (Å²) in [5.41, 5.74) is 0.897. The molecule has 0 radical (unpaired) electrons. The lowest BCUT2D eigenvalue weighted by Crippen LogP contribution is -1.88. The van der Waals surface area contributed by atoms with Gasteiger partial charge in [0.15, 0.2) is 11.5 Å². The molecule has 0 spiro atoms. The first-order valence-corrected chi connectivity index (χ1v) is 4.79. The fourth-order valence-corrected chi connectivity index (χ4v) is 1.27. The van der Waals surface area contributed by atoms with Crippen molar-refractivity contribution in [2.75, 3.05) is 7.11 Å². The summed E-state index contributed by atoms with van der Waals surface area (Å²) in [4.78, 5) is 0. The number of allylic oxidation sites excluding steroid dienone is 2. The van der Waals surface area contributed by atoms with E-state index in [0.29, 0.717) is 5.75 Å². The van der Waals surface area contributed by atoms with E-state index in [9.17, 15) is 5.11 Å². The molecular formula is C12H16O2. The number of hydrogen-bond donors (Lipinski definition) is 1. The number of rotatable bonds is 4. The number of phenols is 1. The van der Waals surface area contributed by atoms with Gasteiger partial charge in [0.1, 0.15) is 0 Å². The van der Waals surface area contributed by atoms with Crippen molar-refractivity contribution in [1.82, 2.24) is 0 Å². The first-order valence-electron chi connectivity index (χ1n) is 4.79. The van der Waals surface area contributed by atoms with Gasteiger partial charge in [0, 0.05) is 5.56 Å². The van der Waals surface area contributed by atoms with E-state index in [-0.39, 0.29) is 5.75 Å². The maximum absolute atomic E-state index is 9.73. The molecule has 2 heteroatoms. The van der Waals surface area contributed by atoms with E-state index in [4.69, 9.17) is 4.74 Å². The Kier molecular flexibility index (Phi) is 4.05. The van der Waals surface area contributed by atoms with Gasteiger partial charge in [0.05, 0.1) is 7.11 Å². The van der Waals surface area contributed by atoms with E-state index >= 15 is 0 Å². The summed E-state index contributed by atoms with van der Waals surface area (Å²) in [6.45, 7) is 2.09. The fourth-order valence-electron chi connectivity index (χ4n) is 1.27. The zero-order chi connectivity index (χ0) is 10.4. The van der Waals surface area contributed by atoms with E-state index in [0.717, 1.165) is 18.4 Å². The van der Waals surface area contributed by atoms with Gasteiger partial charge in [-0.25, -0.2) is 0 Å². The van der Waals surface area contributed by atoms with Crippen LogP contribution in [0.3, 0.4) is 0 Å². The second-order valence-corrected chi connectivity index (χ2v) is 3.05. The summed E-state index contributed by atoms with van der Waals surface area (Å²) in [6, 6.07) is 5.54. The molecular weight excluding hydrogens is 176 g/mol. The molecule has 0 amide bonds. The fraction of sp³-hybridized carbons (Fsp3) is 0.333. The van der Waals surface area contributed by atoms with E-state index in [1.807, 2.05) is 12.1 Å². The minimum absolute atomic E-state index is 0.246. The minimum Gasteiger partial charge on any atom is -0.504 e. The number of hydrogen-bond acceptors (Lipinski definition) is 2. The molecule has 0 aromatic heterocycles. The first kappa shape index (κ1) is 10.6. The third-order valence-corrected chi connectivity index (χ3v) is 2.04. The highest BCUT2D eigenvalue weighted by Gasteiger charge is 2.04. The lowest BCUT2D eigenvalue weighted by Gasteiger charge is -2.06. The molecule has 14 heavy (non-hydrogen) atoms. The van der Waals surface area contributed by atoms with Crippen LogP contribution in [0.15, 0.2) is 30.4 Å². The Morgan fingerprint density at radius 2 is 2.14 bits per heavy atom. The van der Waals surface area contributed by atoms with Gasteiger partial charge in [0.2, 0.25) is 0 Å². The van der Waals surface area contributed by atoms with Gasteiger partial charge < -0.3 is 9.84 Å². The van der Waals surface area contributed by atoms with Crippen LogP contribution in [-0.2, 0) is 6.42 Å². The molecule has 0 unspecified atom stereocenters. The molecule has 0 saturated carbocycles. The maximum atomic E-state index is 9.73. The SMILES string of the molecule is CC/C=C\Cc1cccc(OC)c1O. The van der Waals surface area contributed by atoms with Gasteiger partial charge in [-0.3, -0.25) is 0 Å². The molecule has 1 aromatic carbocycles. The quantitative estimate of drug-likeness (QED) is 0.743. The Morgan fingerprint density at radius 3 is 2.79 bits per heavy atom. The van der Waals surface area contributed by atoms with Crippen molar-refractivity contribution in [2.24, 2.45) is 0 Å². The van der Waals surface area contributed by atoms with Crippen molar-refractivity contribution in [3.05, 3.63) is 35.9 Å². The standard InChI is InChI=1S/C12H16O2/c1-3-4-5-7-10-8-6-9-11(14-2)12(10)13/h4-6,8-9,13H,3,7H2,1-2H3/b5-4-. The number of methoxy groups -OCH3 is 1. The monoisotopic (exact) mass is 192 g/mol. The molecule has 2 nitrogen and oxygen atoms in total. The van der Waals surface area contributed by atoms with Crippen LogP contribution < -0.4 is 4.74 Å². The van der Waals surface area contributed by atoms with Gasteiger partial charge in [-0.15, -0.1) is 0 Å². The van der Waals surface area contributed by atoms with Crippen LogP contribution in [-0.4, -0.2) is 12.2 Å². The van der Waals surface area contributed by atoms with E-state index in [2.05, 4.69) is 19.1 Å². The average molecular weight is 192 g/mol. The average Bonchev–Trinajstić information content (AvgIpc) is 2.21. The van der Waals surface area contributed by atoms with Crippen molar-refractivity contribution >= 4 is 0 Å². The molecule has 0 aliphatic rings. The van der Waals surface area contributed by atoms with Crippen LogP contribution in [0.4, 0.5) is 0 Å². The number of para-hydroxylation sites is 1. The van der Waals surface area contributed by atoms with Crippen LogP contribution in [0.25, 0.3) is 0 Å². The number of benzene rings is 1. The Labute approximate surface area is 84.8 Å². The molecule has 0 aliphatic carbocycles. The van der Waals surface area contributed by atoms with Crippen molar-refractivity contribution < 1.29 is 9.84 Å². The largest absolute Gasteiger partial charge is 0.504 e. The highest BCUT2D eigenvalue weighted by Crippen LogP contribution is 2.29. The van der Waals surface area contributed by atoms with Gasteiger partial charge in [-0.1, -0.05) is 31.2 Å². The molecule has 0 bridgehead atoms. The van der Waals surface area contributed by atoms with Gasteiger partial charge >= 0.3 is 0 Å². The Morgan fingerprint density at radius 1 is 1.36 bits per heavy atom. The van der Waals surface area contributed by atoms with Crippen molar-refractivity contribution in [1.29, 1.82) is 0 Å². The summed E-state index contributed by atoms with van der Waals surface area (Å²) >= 11 is 0. The zero-order valence-electron chi connectivity index (χ0n) is 8.66. The molecule has 0 heterocycles. The predicted molar refractivity (Wildman–Crippen MR) is 57.8 cm³/mol. The molecule has 0 aliphatic heterocycles. The van der Waals surface area contributed by atoms with Crippen molar-refractivity contribution in [3.8, 4) is 11.5 Å². The molecule has 1 N–H and O–H groups in total. The summed E-state index contributed by atoms with van der Waals surface area (Å²) < 4.78 is 5.02. The molecule has 76 valence electrons. The van der Waals surface area contributed by atoms with E-state index in [1.54, 1.807) is 13.2 Å². The highest BCUT2D eigenvalue weighted by molar-refractivity contribution is 5.46. The normalized spacial score (nSPS) is 10.7. The summed E-state index contributed by atoms with van der Waals surface area (Å²) in [7, 11) is 1.56. The van der Waals surface area contributed by atoms with Gasteiger partial charge in [-0.05, 0) is 18.9 Å². The summed E-state index contributed by atoms with van der Waals surface area (Å²) in [6.07, 6.45) is 5.90. The van der Waals surface area contributed by atoms with Crippen molar-refractivity contribution in [2.45, 2.75) is 19.8 Å². The lowest BCUT2D eigenvalue weighted by molar-refractivity contribution is 0.371. The molecule has 1 aromatic rings. The summed E-state index contributed by atoms with van der Waals surface area (Å²) in [5, 5.41) is 9.73. The third-order valence-electron chi connectivity index (χ3n) is 2.04. The molecule has 0 saturated heterocycles. The van der Waals surface area contributed by atoms with Crippen LogP contribution in [0.5, 0.6) is 11.5 Å². The second kappa shape index (κ2) is 5.32. The predicted octanol–water partition coefficient (Wildman–Crippen LogP) is 2.91. The molecule has 0 fully saturated rings. The maximum Gasteiger partial charge on any atom is 0.161 e. The smallest absolute Gasteiger partial charge is 0.161 e. The van der Waals surface area contributed by atoms with Gasteiger partial charge in [0.25, 0.3) is 0 Å². The lowest BCUT2D eigenvalue weighted by atomic mass is 10.1. The third kappa shape index (κ3) is 2.52. The van der Waals surface area contributed by atoms with Crippen LogP contribution in [0.2, 0.25) is 0 Å². The van der Waals surface area contributed by atoms with Gasteiger partial charge in [-0.2, -0.15) is 0 Å². The molecule has 1 rings (SSSR count). The summed E-state index contributed by atoms with van der Waals surface area (Å²) in [5.74, 6) is 0.781. The number of aromatic hydroxyl groups is 1.